The van der Waals surface area contributed by atoms with E-state index in [1.165, 1.54) is 0 Å². The van der Waals surface area contributed by atoms with Crippen molar-refractivity contribution in [3.05, 3.63) is 97.2 Å². The second-order valence-corrected chi connectivity index (χ2v) is 14.5. The van der Waals surface area contributed by atoms with Gasteiger partial charge in [-0.25, -0.2) is 4.57 Å². The first-order chi connectivity index (χ1) is 27.1. The molecule has 0 bridgehead atoms. The van der Waals surface area contributed by atoms with Gasteiger partial charge in [0.15, 0.2) is 6.10 Å². The number of carboxylic acid groups (broad SMARTS) is 1. The number of carbonyl (C=O) groups is 3. The highest BCUT2D eigenvalue weighted by atomic mass is 31.2. The van der Waals surface area contributed by atoms with Gasteiger partial charge in [-0.1, -0.05) is 124 Å². The number of carboxylic acids is 1. The Morgan fingerprint density at radius 1 is 0.554 bits per heavy atom. The number of phosphoric ester groups is 1. The van der Waals surface area contributed by atoms with Gasteiger partial charge in [-0.15, -0.1) is 0 Å². The predicted molar refractivity (Wildman–Crippen MR) is 226 cm³/mol. The third-order valence-corrected chi connectivity index (χ3v) is 8.78. The van der Waals surface area contributed by atoms with Crippen molar-refractivity contribution < 1.29 is 47.5 Å². The number of aliphatic carboxylic acids is 1. The van der Waals surface area contributed by atoms with Crippen LogP contribution in [0, 0.1) is 0 Å². The molecule has 0 aliphatic rings. The fourth-order valence-corrected chi connectivity index (χ4v) is 5.47. The lowest BCUT2D eigenvalue weighted by Crippen LogP contribution is -2.34. The van der Waals surface area contributed by atoms with E-state index in [2.05, 4.69) is 116 Å². The number of hydrogen-bond acceptors (Lipinski definition) is 9. The Labute approximate surface area is 336 Å². The number of nitrogens with two attached hydrogens (primary N) is 1. The molecule has 0 heterocycles. The summed E-state index contributed by atoms with van der Waals surface area (Å²) in [6, 6.07) is -1.54. The Hall–Kier alpha value is -3.60. The summed E-state index contributed by atoms with van der Waals surface area (Å²) in [6.07, 6.45) is 47.7. The van der Waals surface area contributed by atoms with E-state index < -0.39 is 51.1 Å². The van der Waals surface area contributed by atoms with Crippen molar-refractivity contribution in [1.29, 1.82) is 0 Å². The summed E-state index contributed by atoms with van der Waals surface area (Å²) in [5, 5.41) is 8.87. The molecule has 0 fully saturated rings. The minimum atomic E-state index is -4.74. The van der Waals surface area contributed by atoms with Crippen LogP contribution in [0.15, 0.2) is 97.2 Å². The normalized spacial score (nSPS) is 14.8. The van der Waals surface area contributed by atoms with Gasteiger partial charge in [-0.2, -0.15) is 0 Å². The number of unbranched alkanes of at least 4 members (excludes halogenated alkanes) is 6. The summed E-state index contributed by atoms with van der Waals surface area (Å²) in [4.78, 5) is 45.8. The number of rotatable bonds is 36. The molecular weight excluding hydrogens is 733 g/mol. The van der Waals surface area contributed by atoms with Crippen LogP contribution in [0.2, 0.25) is 0 Å². The lowest BCUT2D eigenvalue weighted by molar-refractivity contribution is -0.161. The molecule has 0 aliphatic carbocycles. The van der Waals surface area contributed by atoms with Crippen LogP contribution >= 0.6 is 7.82 Å². The van der Waals surface area contributed by atoms with Crippen LogP contribution in [0.25, 0.3) is 0 Å². The van der Waals surface area contributed by atoms with Crippen molar-refractivity contribution in [2.45, 2.75) is 142 Å². The summed E-state index contributed by atoms with van der Waals surface area (Å²) in [5.74, 6) is -2.48. The van der Waals surface area contributed by atoms with Crippen molar-refractivity contribution >= 4 is 25.7 Å². The molecule has 12 heteroatoms. The maximum absolute atomic E-state index is 12.6. The zero-order valence-electron chi connectivity index (χ0n) is 33.9. The van der Waals surface area contributed by atoms with Crippen LogP contribution in [-0.2, 0) is 37.5 Å². The maximum Gasteiger partial charge on any atom is 0.472 e. The molecule has 0 aromatic heterocycles. The van der Waals surface area contributed by atoms with Crippen molar-refractivity contribution in [1.82, 2.24) is 0 Å². The smallest absolute Gasteiger partial charge is 0.472 e. The standard InChI is InChI=1S/C44H70NO10P/c1-3-5-7-9-11-13-15-17-18-19-20-21-22-24-26-28-30-32-34-36-43(47)55-40(38-53-56(50,51)54-39-41(45)44(48)49)37-52-42(46)35-33-31-29-27-25-23-16-14-12-10-8-6-4-2/h5-8,11-14,17-18,20-21,23-26,40-41H,3-4,9-10,15-16,19,22,27-39,45H2,1-2H3,(H,48,49)(H,50,51)/b7-5-,8-6-,13-11-,14-12-,18-17-,21-20-,25-23-,26-24-. The van der Waals surface area contributed by atoms with E-state index in [-0.39, 0.29) is 19.4 Å². The molecule has 4 N–H and O–H groups in total. The molecule has 11 nitrogen and oxygen atoms in total. The van der Waals surface area contributed by atoms with Crippen molar-refractivity contribution in [3.8, 4) is 0 Å². The Bertz CT molecular complexity index is 1310. The van der Waals surface area contributed by atoms with Gasteiger partial charge in [0.05, 0.1) is 13.2 Å². The molecule has 0 aromatic rings. The van der Waals surface area contributed by atoms with Gasteiger partial charge in [0.1, 0.15) is 12.6 Å². The van der Waals surface area contributed by atoms with Crippen LogP contribution in [0.5, 0.6) is 0 Å². The minimum Gasteiger partial charge on any atom is -0.480 e. The van der Waals surface area contributed by atoms with E-state index in [0.717, 1.165) is 89.9 Å². The SMILES string of the molecule is CC/C=C\C/C=C\C/C=C\C/C=C\C/C=C\CCCCCC(=O)OC(COC(=O)CCCCC/C=C\C/C=C\C/C=C\CC)COP(=O)(O)OCC(N)C(=O)O. The summed E-state index contributed by atoms with van der Waals surface area (Å²) < 4.78 is 32.6. The van der Waals surface area contributed by atoms with Crippen LogP contribution in [0.4, 0.5) is 0 Å². The molecule has 0 aliphatic heterocycles. The first-order valence-electron chi connectivity index (χ1n) is 20.3. The molecule has 0 rings (SSSR count). The molecule has 3 atom stereocenters. The van der Waals surface area contributed by atoms with Gasteiger partial charge in [0.2, 0.25) is 0 Å². The van der Waals surface area contributed by atoms with Crippen molar-refractivity contribution in [2.24, 2.45) is 5.73 Å². The molecular formula is C44H70NO10P. The molecule has 3 unspecified atom stereocenters. The Kier molecular flexibility index (Phi) is 35.8. The maximum atomic E-state index is 12.6. The Morgan fingerprint density at radius 3 is 1.38 bits per heavy atom. The zero-order valence-corrected chi connectivity index (χ0v) is 34.8. The van der Waals surface area contributed by atoms with Crippen molar-refractivity contribution in [2.75, 3.05) is 19.8 Å². The lowest BCUT2D eigenvalue weighted by atomic mass is 10.1. The highest BCUT2D eigenvalue weighted by Gasteiger charge is 2.28. The van der Waals surface area contributed by atoms with E-state index in [4.69, 9.17) is 24.8 Å². The van der Waals surface area contributed by atoms with E-state index >= 15 is 0 Å². The third kappa shape index (κ3) is 37.3. The van der Waals surface area contributed by atoms with Gasteiger partial charge in [-0.3, -0.25) is 23.4 Å². The molecule has 0 aromatic carbocycles. The molecule has 316 valence electrons. The Morgan fingerprint density at radius 2 is 0.946 bits per heavy atom. The molecule has 0 amide bonds. The fraction of sp³-hybridized carbons (Fsp3) is 0.568. The number of esters is 2. The first-order valence-corrected chi connectivity index (χ1v) is 21.8. The average molecular weight is 804 g/mol. The van der Waals surface area contributed by atoms with Gasteiger partial charge in [-0.05, 0) is 89.9 Å². The molecule has 0 radical (unpaired) electrons. The van der Waals surface area contributed by atoms with Crippen molar-refractivity contribution in [3.63, 3.8) is 0 Å². The largest absolute Gasteiger partial charge is 0.480 e. The number of hydrogen-bond donors (Lipinski definition) is 3. The molecule has 0 saturated carbocycles. The van der Waals surface area contributed by atoms with Crippen LogP contribution in [0.1, 0.15) is 129 Å². The summed E-state index contributed by atoms with van der Waals surface area (Å²) in [7, 11) is -4.74. The number of phosphoric acid groups is 1. The predicted octanol–water partition coefficient (Wildman–Crippen LogP) is 10.5. The van der Waals surface area contributed by atoms with E-state index in [1.807, 2.05) is 0 Å². The second-order valence-electron chi connectivity index (χ2n) is 13.0. The van der Waals surface area contributed by atoms with E-state index in [9.17, 15) is 23.8 Å². The van der Waals surface area contributed by atoms with Gasteiger partial charge in [0, 0.05) is 12.8 Å². The van der Waals surface area contributed by atoms with Gasteiger partial charge >= 0.3 is 25.7 Å². The lowest BCUT2D eigenvalue weighted by Gasteiger charge is -2.20. The number of allylic oxidation sites excluding steroid dienone is 16. The van der Waals surface area contributed by atoms with Gasteiger partial charge in [0.25, 0.3) is 0 Å². The highest BCUT2D eigenvalue weighted by molar-refractivity contribution is 7.47. The fourth-order valence-electron chi connectivity index (χ4n) is 4.69. The number of carbonyl (C=O) groups excluding carboxylic acids is 2. The topological polar surface area (TPSA) is 172 Å². The molecule has 56 heavy (non-hydrogen) atoms. The van der Waals surface area contributed by atoms with E-state index in [1.54, 1.807) is 0 Å². The molecule has 0 saturated heterocycles. The minimum absolute atomic E-state index is 0.109. The monoisotopic (exact) mass is 803 g/mol. The van der Waals surface area contributed by atoms with Gasteiger partial charge < -0.3 is 25.2 Å². The van der Waals surface area contributed by atoms with Crippen LogP contribution < -0.4 is 5.73 Å². The second kappa shape index (κ2) is 38.3. The Balaban J connectivity index is 4.53. The highest BCUT2D eigenvalue weighted by Crippen LogP contribution is 2.43. The van der Waals surface area contributed by atoms with Crippen LogP contribution in [0.3, 0.4) is 0 Å². The van der Waals surface area contributed by atoms with Crippen LogP contribution in [-0.4, -0.2) is 59.9 Å². The van der Waals surface area contributed by atoms with E-state index in [0.29, 0.717) is 12.8 Å². The summed E-state index contributed by atoms with van der Waals surface area (Å²) in [5.41, 5.74) is 5.32. The molecule has 0 spiro atoms. The third-order valence-electron chi connectivity index (χ3n) is 7.83. The summed E-state index contributed by atoms with van der Waals surface area (Å²) in [6.45, 7) is 2.47. The quantitative estimate of drug-likeness (QED) is 0.0238. The summed E-state index contributed by atoms with van der Waals surface area (Å²) >= 11 is 0. The number of ether oxygens (including phenoxy) is 2. The first kappa shape index (κ1) is 52.4. The average Bonchev–Trinajstić information content (AvgIpc) is 3.17. The zero-order chi connectivity index (χ0) is 41.4.